The van der Waals surface area contributed by atoms with Crippen LogP contribution in [0.3, 0.4) is 0 Å². The van der Waals surface area contributed by atoms with Crippen molar-refractivity contribution in [2.75, 3.05) is 11.9 Å². The van der Waals surface area contributed by atoms with E-state index < -0.39 is 0 Å². The van der Waals surface area contributed by atoms with Crippen molar-refractivity contribution in [1.82, 2.24) is 5.32 Å². The minimum absolute atomic E-state index is 0.122. The van der Waals surface area contributed by atoms with E-state index in [0.717, 1.165) is 33.3 Å². The highest BCUT2D eigenvalue weighted by atomic mass is 16.3. The van der Waals surface area contributed by atoms with E-state index in [-0.39, 0.29) is 24.7 Å². The smallest absolute Gasteiger partial charge is 0.226 e. The number of aryl methyl sites for hydroxylation is 4. The fourth-order valence-electron chi connectivity index (χ4n) is 3.07. The number of fused-ring (bicyclic) bond motifs is 1. The minimum Gasteiger partial charge on any atom is -0.464 e. The first-order valence-electron chi connectivity index (χ1n) is 9.44. The zero-order valence-corrected chi connectivity index (χ0v) is 16.8. The molecule has 3 aromatic rings. The summed E-state index contributed by atoms with van der Waals surface area (Å²) in [6.45, 7) is 8.41. The largest absolute Gasteiger partial charge is 0.464 e. The summed E-state index contributed by atoms with van der Waals surface area (Å²) in [5, 5.41) is 6.63. The zero-order chi connectivity index (χ0) is 20.3. The maximum atomic E-state index is 12.2. The van der Waals surface area contributed by atoms with Crippen molar-refractivity contribution in [2.45, 2.75) is 40.5 Å². The lowest BCUT2D eigenvalue weighted by molar-refractivity contribution is -0.120. The average Bonchev–Trinajstić information content (AvgIpc) is 3.00. The SMILES string of the molecule is Cc1ccc(NC(=O)CCNC(=O)Cc2coc3cc(C)c(C)cc23)cc1C. The number of anilines is 1. The topological polar surface area (TPSA) is 71.3 Å². The highest BCUT2D eigenvalue weighted by Gasteiger charge is 2.12. The van der Waals surface area contributed by atoms with Crippen LogP contribution in [0.4, 0.5) is 5.69 Å². The Hall–Kier alpha value is -3.08. The quantitative estimate of drug-likeness (QED) is 0.670. The molecule has 0 saturated heterocycles. The standard InChI is InChI=1S/C23H26N2O3/c1-14-5-6-19(9-15(14)2)25-22(26)7-8-24-23(27)12-18-13-28-21-11-17(4)16(3)10-20(18)21/h5-6,9-11,13H,7-8,12H2,1-4H3,(H,24,27)(H,25,26). The molecule has 0 aliphatic carbocycles. The molecule has 0 unspecified atom stereocenters. The van der Waals surface area contributed by atoms with Gasteiger partial charge in [0.05, 0.1) is 12.7 Å². The van der Waals surface area contributed by atoms with Crippen LogP contribution in [0, 0.1) is 27.7 Å². The Kier molecular flexibility index (Phi) is 5.83. The van der Waals surface area contributed by atoms with Crippen LogP contribution in [0.15, 0.2) is 41.0 Å². The molecule has 2 amide bonds. The summed E-state index contributed by atoms with van der Waals surface area (Å²) in [5.41, 5.74) is 7.06. The highest BCUT2D eigenvalue weighted by Crippen LogP contribution is 2.25. The number of nitrogens with one attached hydrogen (secondary N) is 2. The molecule has 0 spiro atoms. The molecule has 5 heteroatoms. The second-order valence-corrected chi connectivity index (χ2v) is 7.32. The van der Waals surface area contributed by atoms with Crippen LogP contribution in [0.1, 0.15) is 34.2 Å². The average molecular weight is 378 g/mol. The molecule has 0 atom stereocenters. The number of hydrogen-bond donors (Lipinski definition) is 2. The van der Waals surface area contributed by atoms with E-state index in [1.807, 2.05) is 58.0 Å². The lowest BCUT2D eigenvalue weighted by atomic mass is 10.0. The Bertz CT molecular complexity index is 1030. The van der Waals surface area contributed by atoms with Gasteiger partial charge in [-0.25, -0.2) is 0 Å². The summed E-state index contributed by atoms with van der Waals surface area (Å²) in [5.74, 6) is -0.247. The number of carbonyl (C=O) groups is 2. The molecule has 5 nitrogen and oxygen atoms in total. The third-order valence-corrected chi connectivity index (χ3v) is 5.09. The van der Waals surface area contributed by atoms with Crippen LogP contribution in [-0.2, 0) is 16.0 Å². The molecule has 146 valence electrons. The van der Waals surface area contributed by atoms with Gasteiger partial charge in [-0.1, -0.05) is 6.07 Å². The number of rotatable bonds is 6. The Morgan fingerprint density at radius 3 is 2.36 bits per heavy atom. The minimum atomic E-state index is -0.125. The van der Waals surface area contributed by atoms with Crippen LogP contribution in [-0.4, -0.2) is 18.4 Å². The molecule has 1 heterocycles. The molecule has 2 aromatic carbocycles. The second kappa shape index (κ2) is 8.30. The first-order valence-corrected chi connectivity index (χ1v) is 9.44. The van der Waals surface area contributed by atoms with Crippen molar-refractivity contribution < 1.29 is 14.0 Å². The van der Waals surface area contributed by atoms with Crippen LogP contribution in [0.25, 0.3) is 11.0 Å². The van der Waals surface area contributed by atoms with Crippen LogP contribution < -0.4 is 10.6 Å². The zero-order valence-electron chi connectivity index (χ0n) is 16.8. The molecule has 28 heavy (non-hydrogen) atoms. The monoisotopic (exact) mass is 378 g/mol. The first kappa shape index (κ1) is 19.7. The first-order chi connectivity index (χ1) is 13.3. The number of carbonyl (C=O) groups excluding carboxylic acids is 2. The maximum Gasteiger partial charge on any atom is 0.226 e. The number of benzene rings is 2. The van der Waals surface area contributed by atoms with Crippen LogP contribution in [0.2, 0.25) is 0 Å². The summed E-state index contributed by atoms with van der Waals surface area (Å²) < 4.78 is 5.57. The van der Waals surface area contributed by atoms with Crippen molar-refractivity contribution in [1.29, 1.82) is 0 Å². The van der Waals surface area contributed by atoms with Crippen molar-refractivity contribution >= 4 is 28.5 Å². The Morgan fingerprint density at radius 1 is 0.893 bits per heavy atom. The Morgan fingerprint density at radius 2 is 1.61 bits per heavy atom. The van der Waals surface area contributed by atoms with E-state index in [1.54, 1.807) is 6.26 Å². The van der Waals surface area contributed by atoms with Gasteiger partial charge >= 0.3 is 0 Å². The summed E-state index contributed by atoms with van der Waals surface area (Å²) in [4.78, 5) is 24.3. The molecule has 0 aliphatic heterocycles. The van der Waals surface area contributed by atoms with Gasteiger partial charge in [0.15, 0.2) is 0 Å². The van der Waals surface area contributed by atoms with Gasteiger partial charge in [0.2, 0.25) is 11.8 Å². The molecule has 0 fully saturated rings. The van der Waals surface area contributed by atoms with Gasteiger partial charge in [0.25, 0.3) is 0 Å². The van der Waals surface area contributed by atoms with Crippen molar-refractivity contribution in [3.8, 4) is 0 Å². The molecule has 0 radical (unpaired) electrons. The van der Waals surface area contributed by atoms with Gasteiger partial charge in [0, 0.05) is 29.6 Å². The van der Waals surface area contributed by atoms with E-state index in [2.05, 4.69) is 10.6 Å². The Labute approximate surface area is 165 Å². The lowest BCUT2D eigenvalue weighted by Gasteiger charge is -2.08. The molecular formula is C23H26N2O3. The van der Waals surface area contributed by atoms with E-state index in [9.17, 15) is 9.59 Å². The summed E-state index contributed by atoms with van der Waals surface area (Å²) in [7, 11) is 0. The van der Waals surface area contributed by atoms with E-state index >= 15 is 0 Å². The van der Waals surface area contributed by atoms with Gasteiger partial charge in [-0.15, -0.1) is 0 Å². The van der Waals surface area contributed by atoms with Crippen molar-refractivity contribution in [2.24, 2.45) is 0 Å². The molecule has 0 bridgehead atoms. The summed E-state index contributed by atoms with van der Waals surface area (Å²) in [6, 6.07) is 9.84. The van der Waals surface area contributed by atoms with Gasteiger partial charge in [0.1, 0.15) is 5.58 Å². The van der Waals surface area contributed by atoms with E-state index in [4.69, 9.17) is 4.42 Å². The van der Waals surface area contributed by atoms with E-state index in [1.165, 1.54) is 11.1 Å². The predicted octanol–water partition coefficient (Wildman–Crippen LogP) is 4.35. The highest BCUT2D eigenvalue weighted by molar-refractivity contribution is 5.92. The van der Waals surface area contributed by atoms with Crippen molar-refractivity contribution in [3.05, 3.63) is 64.4 Å². The molecule has 2 N–H and O–H groups in total. The Balaban J connectivity index is 1.50. The molecular weight excluding hydrogens is 352 g/mol. The fraction of sp³-hybridized carbons (Fsp3) is 0.304. The third-order valence-electron chi connectivity index (χ3n) is 5.09. The summed E-state index contributed by atoms with van der Waals surface area (Å²) in [6.07, 6.45) is 2.09. The molecule has 0 aliphatic rings. The number of amides is 2. The third kappa shape index (κ3) is 4.60. The molecule has 1 aromatic heterocycles. The number of hydrogen-bond acceptors (Lipinski definition) is 3. The van der Waals surface area contributed by atoms with Gasteiger partial charge in [-0.05, 0) is 74.2 Å². The van der Waals surface area contributed by atoms with Gasteiger partial charge < -0.3 is 15.1 Å². The van der Waals surface area contributed by atoms with Gasteiger partial charge in [-0.3, -0.25) is 9.59 Å². The maximum absolute atomic E-state index is 12.2. The van der Waals surface area contributed by atoms with Crippen molar-refractivity contribution in [3.63, 3.8) is 0 Å². The molecule has 0 saturated carbocycles. The van der Waals surface area contributed by atoms with Crippen LogP contribution >= 0.6 is 0 Å². The summed E-state index contributed by atoms with van der Waals surface area (Å²) >= 11 is 0. The number of furan rings is 1. The fourth-order valence-corrected chi connectivity index (χ4v) is 3.07. The second-order valence-electron chi connectivity index (χ2n) is 7.32. The predicted molar refractivity (Wildman–Crippen MR) is 112 cm³/mol. The van der Waals surface area contributed by atoms with E-state index in [0.29, 0.717) is 6.54 Å². The normalized spacial score (nSPS) is 10.9. The lowest BCUT2D eigenvalue weighted by Crippen LogP contribution is -2.28. The molecule has 3 rings (SSSR count). The van der Waals surface area contributed by atoms with Gasteiger partial charge in [-0.2, -0.15) is 0 Å². The van der Waals surface area contributed by atoms with Crippen LogP contribution in [0.5, 0.6) is 0 Å².